The van der Waals surface area contributed by atoms with Crippen LogP contribution >= 0.6 is 11.6 Å². The maximum atomic E-state index is 12.4. The van der Waals surface area contributed by atoms with Crippen molar-refractivity contribution in [3.63, 3.8) is 0 Å². The van der Waals surface area contributed by atoms with Gasteiger partial charge in [0.2, 0.25) is 5.78 Å². The van der Waals surface area contributed by atoms with Crippen LogP contribution in [0.1, 0.15) is 10.4 Å². The average Bonchev–Trinajstić information content (AvgIpc) is 2.28. The fourth-order valence-corrected chi connectivity index (χ4v) is 1.71. The quantitative estimate of drug-likeness (QED) is 0.755. The van der Waals surface area contributed by atoms with E-state index in [1.807, 2.05) is 0 Å². The highest BCUT2D eigenvalue weighted by atomic mass is 35.5. The van der Waals surface area contributed by atoms with Gasteiger partial charge in [0, 0.05) is 11.6 Å². The van der Waals surface area contributed by atoms with Crippen molar-refractivity contribution >= 4 is 28.3 Å². The Morgan fingerprint density at radius 3 is 2.75 bits per heavy atom. The van der Waals surface area contributed by atoms with E-state index in [4.69, 9.17) is 11.6 Å². The molecule has 0 saturated carbocycles. The van der Waals surface area contributed by atoms with E-state index in [1.54, 1.807) is 18.2 Å². The molecule has 82 valence electrons. The molecule has 5 heteroatoms. The predicted molar refractivity (Wildman–Crippen MR) is 57.1 cm³/mol. The first kappa shape index (κ1) is 11.0. The molecule has 0 unspecified atom stereocenters. The van der Waals surface area contributed by atoms with Crippen LogP contribution in [0.2, 0.25) is 5.02 Å². The van der Waals surface area contributed by atoms with Crippen molar-refractivity contribution in [3.8, 4) is 0 Å². The summed E-state index contributed by atoms with van der Waals surface area (Å²) < 4.78 is 24.8. The van der Waals surface area contributed by atoms with Crippen LogP contribution in [-0.4, -0.2) is 17.2 Å². The number of fused-ring (bicyclic) bond motifs is 1. The van der Waals surface area contributed by atoms with Crippen LogP contribution in [0.3, 0.4) is 0 Å². The smallest absolute Gasteiger partial charge is 0.288 e. The third-order valence-corrected chi connectivity index (χ3v) is 2.48. The summed E-state index contributed by atoms with van der Waals surface area (Å²) in [5.74, 6) is -1.30. The molecule has 0 aliphatic heterocycles. The second-order valence-corrected chi connectivity index (χ2v) is 3.57. The number of aromatic nitrogens is 1. The molecule has 0 aliphatic carbocycles. The van der Waals surface area contributed by atoms with Crippen molar-refractivity contribution in [1.29, 1.82) is 0 Å². The lowest BCUT2D eigenvalue weighted by molar-refractivity contribution is 0.0680. The average molecular weight is 242 g/mol. The SMILES string of the molecule is O=C(c1c(Cl)ccc2cccnc12)C(F)F. The number of nitrogens with zero attached hydrogens (tertiary/aromatic N) is 1. The highest BCUT2D eigenvalue weighted by Crippen LogP contribution is 2.26. The molecule has 1 aromatic heterocycles. The van der Waals surface area contributed by atoms with Gasteiger partial charge < -0.3 is 0 Å². The molecule has 1 aromatic carbocycles. The molecule has 0 amide bonds. The Labute approximate surface area is 94.9 Å². The maximum Gasteiger partial charge on any atom is 0.300 e. The van der Waals surface area contributed by atoms with Crippen molar-refractivity contribution in [2.24, 2.45) is 0 Å². The van der Waals surface area contributed by atoms with Gasteiger partial charge in [-0.3, -0.25) is 9.78 Å². The topological polar surface area (TPSA) is 30.0 Å². The zero-order valence-electron chi connectivity index (χ0n) is 7.95. The van der Waals surface area contributed by atoms with Crippen LogP contribution in [0.15, 0.2) is 30.5 Å². The number of alkyl halides is 2. The molecule has 0 N–H and O–H groups in total. The molecule has 0 fully saturated rings. The van der Waals surface area contributed by atoms with Crippen molar-refractivity contribution in [1.82, 2.24) is 4.98 Å². The lowest BCUT2D eigenvalue weighted by Crippen LogP contribution is -2.11. The molecule has 0 radical (unpaired) electrons. The molecule has 1 heterocycles. The van der Waals surface area contributed by atoms with Crippen LogP contribution < -0.4 is 0 Å². The number of carbonyl (C=O) groups is 1. The van der Waals surface area contributed by atoms with Gasteiger partial charge >= 0.3 is 6.43 Å². The van der Waals surface area contributed by atoms with Gasteiger partial charge in [-0.1, -0.05) is 23.7 Å². The van der Waals surface area contributed by atoms with Gasteiger partial charge in [0.1, 0.15) is 0 Å². The van der Waals surface area contributed by atoms with Gasteiger partial charge in [-0.05, 0) is 12.1 Å². The molecule has 2 aromatic rings. The zero-order valence-corrected chi connectivity index (χ0v) is 8.71. The minimum atomic E-state index is -3.08. The van der Waals surface area contributed by atoms with Gasteiger partial charge in [0.05, 0.1) is 16.1 Å². The zero-order chi connectivity index (χ0) is 11.7. The Morgan fingerprint density at radius 1 is 1.31 bits per heavy atom. The van der Waals surface area contributed by atoms with Gasteiger partial charge in [-0.15, -0.1) is 0 Å². The molecule has 0 atom stereocenters. The number of rotatable bonds is 2. The fraction of sp³-hybridized carbons (Fsp3) is 0.0909. The molecule has 2 rings (SSSR count). The molecule has 0 bridgehead atoms. The number of ketones is 1. The molecule has 0 aliphatic rings. The van der Waals surface area contributed by atoms with Crippen LogP contribution in [-0.2, 0) is 0 Å². The van der Waals surface area contributed by atoms with E-state index in [9.17, 15) is 13.6 Å². The van der Waals surface area contributed by atoms with Gasteiger partial charge in [-0.2, -0.15) is 0 Å². The number of hydrogen-bond acceptors (Lipinski definition) is 2. The normalized spacial score (nSPS) is 11.0. The third-order valence-electron chi connectivity index (χ3n) is 2.17. The Hall–Kier alpha value is -1.55. The Morgan fingerprint density at radius 2 is 2.06 bits per heavy atom. The summed E-state index contributed by atoms with van der Waals surface area (Å²) in [6.45, 7) is 0. The first-order valence-corrected chi connectivity index (χ1v) is 4.84. The first-order valence-electron chi connectivity index (χ1n) is 4.47. The van der Waals surface area contributed by atoms with Gasteiger partial charge in [0.25, 0.3) is 0 Å². The Kier molecular flexibility index (Phi) is 2.83. The monoisotopic (exact) mass is 241 g/mol. The summed E-state index contributed by atoms with van der Waals surface area (Å²) >= 11 is 5.75. The van der Waals surface area contributed by atoms with Crippen LogP contribution in [0.25, 0.3) is 10.9 Å². The van der Waals surface area contributed by atoms with E-state index in [-0.39, 0.29) is 16.1 Å². The van der Waals surface area contributed by atoms with Crippen LogP contribution in [0.4, 0.5) is 8.78 Å². The highest BCUT2D eigenvalue weighted by Gasteiger charge is 2.23. The molecular formula is C11H6ClF2NO. The van der Waals surface area contributed by atoms with Gasteiger partial charge in [0.15, 0.2) is 0 Å². The first-order chi connectivity index (χ1) is 7.61. The summed E-state index contributed by atoms with van der Waals surface area (Å²) in [5.41, 5.74) is -0.00457. The number of pyridine rings is 1. The summed E-state index contributed by atoms with van der Waals surface area (Å²) in [4.78, 5) is 15.2. The Balaban J connectivity index is 2.75. The second kappa shape index (κ2) is 4.14. The lowest BCUT2D eigenvalue weighted by Gasteiger charge is -2.06. The van der Waals surface area contributed by atoms with E-state index in [0.717, 1.165) is 0 Å². The minimum absolute atomic E-state index is 0.00324. The van der Waals surface area contributed by atoms with Crippen molar-refractivity contribution in [2.75, 3.05) is 0 Å². The van der Waals surface area contributed by atoms with E-state index in [1.165, 1.54) is 12.3 Å². The number of hydrogen-bond donors (Lipinski definition) is 0. The number of carbonyl (C=O) groups excluding carboxylic acids is 1. The second-order valence-electron chi connectivity index (χ2n) is 3.16. The summed E-state index contributed by atoms with van der Waals surface area (Å²) in [6, 6.07) is 6.39. The summed E-state index contributed by atoms with van der Waals surface area (Å²) in [6.07, 6.45) is -1.65. The fourth-order valence-electron chi connectivity index (χ4n) is 1.46. The van der Waals surface area contributed by atoms with Crippen molar-refractivity contribution in [3.05, 3.63) is 41.0 Å². The van der Waals surface area contributed by atoms with Crippen molar-refractivity contribution in [2.45, 2.75) is 6.43 Å². The molecular weight excluding hydrogens is 236 g/mol. The van der Waals surface area contributed by atoms with E-state index >= 15 is 0 Å². The third kappa shape index (κ3) is 1.76. The number of halogens is 3. The lowest BCUT2D eigenvalue weighted by atomic mass is 10.1. The maximum absolute atomic E-state index is 12.4. The summed E-state index contributed by atoms with van der Waals surface area (Å²) in [7, 11) is 0. The van der Waals surface area contributed by atoms with E-state index in [0.29, 0.717) is 5.39 Å². The number of Topliss-reactive ketones (excluding diaryl/α,β-unsaturated/α-hetero) is 1. The van der Waals surface area contributed by atoms with Crippen molar-refractivity contribution < 1.29 is 13.6 Å². The largest absolute Gasteiger partial charge is 0.300 e. The summed E-state index contributed by atoms with van der Waals surface area (Å²) in [5, 5.41) is 0.604. The molecule has 0 saturated heterocycles. The molecule has 0 spiro atoms. The highest BCUT2D eigenvalue weighted by molar-refractivity contribution is 6.35. The standard InChI is InChI=1S/C11H6ClF2NO/c12-7-4-3-6-2-1-5-15-9(6)8(7)10(16)11(13)14/h1-5,11H. The van der Waals surface area contributed by atoms with Crippen LogP contribution in [0.5, 0.6) is 0 Å². The minimum Gasteiger partial charge on any atom is -0.288 e. The molecule has 2 nitrogen and oxygen atoms in total. The Bertz CT molecular complexity index is 557. The van der Waals surface area contributed by atoms with Gasteiger partial charge in [-0.25, -0.2) is 8.78 Å². The predicted octanol–water partition coefficient (Wildman–Crippen LogP) is 3.34. The van der Waals surface area contributed by atoms with Crippen LogP contribution in [0, 0.1) is 0 Å². The van der Waals surface area contributed by atoms with E-state index in [2.05, 4.69) is 4.98 Å². The number of benzene rings is 1. The van der Waals surface area contributed by atoms with E-state index < -0.39 is 12.2 Å². The molecule has 16 heavy (non-hydrogen) atoms.